The van der Waals surface area contributed by atoms with Crippen LogP contribution in [0.4, 0.5) is 0 Å². The Morgan fingerprint density at radius 1 is 0.586 bits per heavy atom. The molecule has 1 rings (SSSR count). The Morgan fingerprint density at radius 3 is 1.59 bits per heavy atom. The molecule has 1 fully saturated rings. The van der Waals surface area contributed by atoms with Gasteiger partial charge in [0.15, 0.2) is 12.4 Å². The Balaban J connectivity index is 2.46. The Labute approximate surface area is 351 Å². The van der Waals surface area contributed by atoms with Crippen molar-refractivity contribution in [1.82, 2.24) is 0 Å². The zero-order chi connectivity index (χ0) is 42.7. The average molecular weight is 845 g/mol. The van der Waals surface area contributed by atoms with Gasteiger partial charge in [0.2, 0.25) is 0 Å². The minimum absolute atomic E-state index is 0.142. The summed E-state index contributed by atoms with van der Waals surface area (Å²) in [6.07, 6.45) is 30.5. The largest absolute Gasteiger partial charge is 0.462 e. The van der Waals surface area contributed by atoms with Crippen molar-refractivity contribution in [3.05, 3.63) is 36.5 Å². The molecule has 2 unspecified atom stereocenters. The zero-order valence-electron chi connectivity index (χ0n) is 35.9. The van der Waals surface area contributed by atoms with E-state index in [4.69, 9.17) is 18.9 Å². The van der Waals surface area contributed by atoms with E-state index in [1.54, 1.807) is 0 Å². The smallest absolute Gasteiger partial charge is 0.306 e. The molecule has 4 N–H and O–H groups in total. The number of allylic oxidation sites excluding steroid dienone is 6. The van der Waals surface area contributed by atoms with Gasteiger partial charge in [-0.1, -0.05) is 134 Å². The third-order valence-corrected chi connectivity index (χ3v) is 10.9. The van der Waals surface area contributed by atoms with Gasteiger partial charge < -0.3 is 34.3 Å². The van der Waals surface area contributed by atoms with Gasteiger partial charge in [0.25, 0.3) is 10.1 Å². The maximum atomic E-state index is 12.8. The fourth-order valence-corrected chi connectivity index (χ4v) is 7.33. The van der Waals surface area contributed by atoms with E-state index in [0.717, 1.165) is 64.2 Å². The van der Waals surface area contributed by atoms with Gasteiger partial charge >= 0.3 is 11.9 Å². The average Bonchev–Trinajstić information content (AvgIpc) is 3.18. The molecule has 0 aromatic heterocycles. The molecule has 1 saturated heterocycles. The molecule has 6 atom stereocenters. The number of unbranched alkanes of at least 4 members (excludes halogenated alkanes) is 19. The van der Waals surface area contributed by atoms with Crippen molar-refractivity contribution in [3.8, 4) is 0 Å². The van der Waals surface area contributed by atoms with Crippen LogP contribution in [0.15, 0.2) is 36.5 Å². The molecule has 12 nitrogen and oxygen atoms in total. The number of hydrogen-bond donors (Lipinski definition) is 4. The van der Waals surface area contributed by atoms with E-state index in [0.29, 0.717) is 12.8 Å². The van der Waals surface area contributed by atoms with E-state index in [-0.39, 0.29) is 19.4 Å². The molecule has 0 radical (unpaired) electrons. The summed E-state index contributed by atoms with van der Waals surface area (Å²) in [6.45, 7) is 3.70. The highest BCUT2D eigenvalue weighted by molar-refractivity contribution is 7.85. The zero-order valence-corrected chi connectivity index (χ0v) is 36.7. The number of aliphatic hydroxyl groups is 3. The van der Waals surface area contributed by atoms with Crippen molar-refractivity contribution in [3.63, 3.8) is 0 Å². The molecule has 338 valence electrons. The first kappa shape index (κ1) is 53.9. The number of ether oxygens (including phenoxy) is 4. The van der Waals surface area contributed by atoms with Crippen molar-refractivity contribution in [2.45, 2.75) is 218 Å². The number of aliphatic hydroxyl groups excluding tert-OH is 3. The molecule has 0 spiro atoms. The quantitative estimate of drug-likeness (QED) is 0.0202. The van der Waals surface area contributed by atoms with Crippen LogP contribution >= 0.6 is 0 Å². The Hall–Kier alpha value is -2.13. The fourth-order valence-electron chi connectivity index (χ4n) is 6.64. The normalized spacial score (nSPS) is 20.7. The molecule has 0 aromatic carbocycles. The van der Waals surface area contributed by atoms with Gasteiger partial charge in [-0.25, -0.2) is 0 Å². The van der Waals surface area contributed by atoms with Gasteiger partial charge in [0.1, 0.15) is 36.8 Å². The van der Waals surface area contributed by atoms with Gasteiger partial charge in [-0.3, -0.25) is 14.1 Å². The Kier molecular flexibility index (Phi) is 33.1. The second-order valence-electron chi connectivity index (χ2n) is 15.7. The summed E-state index contributed by atoms with van der Waals surface area (Å²) in [5.74, 6) is -2.01. The second-order valence-corrected chi connectivity index (χ2v) is 17.2. The van der Waals surface area contributed by atoms with Crippen molar-refractivity contribution in [2.75, 3.05) is 19.0 Å². The lowest BCUT2D eigenvalue weighted by molar-refractivity contribution is -0.297. The lowest BCUT2D eigenvalue weighted by Crippen LogP contribution is -2.60. The van der Waals surface area contributed by atoms with Crippen LogP contribution in [0.3, 0.4) is 0 Å². The number of esters is 2. The summed E-state index contributed by atoms with van der Waals surface area (Å²) >= 11 is 0. The van der Waals surface area contributed by atoms with E-state index >= 15 is 0 Å². The van der Waals surface area contributed by atoms with Gasteiger partial charge in [0.05, 0.1) is 6.61 Å². The number of carbonyl (C=O) groups excluding carboxylic acids is 2. The van der Waals surface area contributed by atoms with Crippen LogP contribution in [0.1, 0.15) is 181 Å². The minimum atomic E-state index is -4.60. The van der Waals surface area contributed by atoms with Crippen molar-refractivity contribution >= 4 is 22.1 Å². The van der Waals surface area contributed by atoms with Gasteiger partial charge in [-0.15, -0.1) is 0 Å². The van der Waals surface area contributed by atoms with Crippen LogP contribution < -0.4 is 0 Å². The Morgan fingerprint density at radius 2 is 1.03 bits per heavy atom. The van der Waals surface area contributed by atoms with Gasteiger partial charge in [-0.2, -0.15) is 8.42 Å². The fraction of sp³-hybridized carbons (Fsp3) is 0.822. The Bertz CT molecular complexity index is 1220. The lowest BCUT2D eigenvalue weighted by atomic mass is 10.00. The summed E-state index contributed by atoms with van der Waals surface area (Å²) < 4.78 is 54.0. The molecule has 1 aliphatic heterocycles. The summed E-state index contributed by atoms with van der Waals surface area (Å²) in [5, 5.41) is 30.8. The molecule has 0 saturated carbocycles. The predicted molar refractivity (Wildman–Crippen MR) is 229 cm³/mol. The molecule has 58 heavy (non-hydrogen) atoms. The molecule has 0 bridgehead atoms. The topological polar surface area (TPSA) is 186 Å². The molecule has 0 aromatic rings. The first-order valence-electron chi connectivity index (χ1n) is 22.5. The summed E-state index contributed by atoms with van der Waals surface area (Å²) in [7, 11) is -4.60. The lowest BCUT2D eigenvalue weighted by Gasteiger charge is -2.40. The van der Waals surface area contributed by atoms with Crippen LogP contribution in [0.25, 0.3) is 0 Å². The molecule has 1 heterocycles. The molecular formula is C45H80O12S. The van der Waals surface area contributed by atoms with Crippen molar-refractivity contribution in [2.24, 2.45) is 0 Å². The predicted octanol–water partition coefficient (Wildman–Crippen LogP) is 9.00. The highest BCUT2D eigenvalue weighted by atomic mass is 32.2. The summed E-state index contributed by atoms with van der Waals surface area (Å²) in [6, 6.07) is 0. The maximum Gasteiger partial charge on any atom is 0.306 e. The van der Waals surface area contributed by atoms with Crippen LogP contribution in [-0.4, -0.2) is 96.0 Å². The maximum absolute atomic E-state index is 12.8. The van der Waals surface area contributed by atoms with Crippen LogP contribution in [0.5, 0.6) is 0 Å². The number of carbonyl (C=O) groups is 2. The van der Waals surface area contributed by atoms with Crippen LogP contribution in [0, 0.1) is 0 Å². The molecule has 0 amide bonds. The standard InChI is InChI=1S/C45H80O12S/c1-3-5-7-9-11-13-15-17-18-19-20-22-23-25-27-29-31-33-40(46)54-35-38(36-55-45-44(50)43(49)42(48)39(57-45)37-58(51,52)53)56-41(47)34-32-30-28-26-24-21-16-14-12-10-8-6-4-2/h11,13,17-18,21,24,38-39,42-45,48-50H,3-10,12,14-16,19-20,22-23,25-37H2,1-2H3,(H,51,52,53)/b13-11+,18-17+,24-21+/t38-,39-,42-,43?,44?,45+/m1/s1. The SMILES string of the molecule is CCCCC/C=C/C/C=C/CCCCCCCCCC(=O)OC[C@H](CO[C@H]1O[C@H](CS(=O)(=O)O)[C@@H](O)C(O)C1O)OC(=O)CCCCC/C=C/CCCCCCCC. The van der Waals surface area contributed by atoms with Crippen LogP contribution in [0.2, 0.25) is 0 Å². The third-order valence-electron chi connectivity index (χ3n) is 10.2. The van der Waals surface area contributed by atoms with Crippen molar-refractivity contribution in [1.29, 1.82) is 0 Å². The van der Waals surface area contributed by atoms with Crippen molar-refractivity contribution < 1.29 is 56.8 Å². The van der Waals surface area contributed by atoms with E-state index < -0.39 is 71.2 Å². The van der Waals surface area contributed by atoms with E-state index in [1.807, 2.05) is 0 Å². The van der Waals surface area contributed by atoms with Gasteiger partial charge in [-0.05, 0) is 70.6 Å². The third kappa shape index (κ3) is 30.0. The first-order chi connectivity index (χ1) is 28.0. The molecular weight excluding hydrogens is 765 g/mol. The highest BCUT2D eigenvalue weighted by Gasteiger charge is 2.46. The number of hydrogen-bond acceptors (Lipinski definition) is 11. The molecule has 1 aliphatic rings. The highest BCUT2D eigenvalue weighted by Crippen LogP contribution is 2.24. The van der Waals surface area contributed by atoms with Crippen LogP contribution in [-0.2, 0) is 38.7 Å². The summed E-state index contributed by atoms with van der Waals surface area (Å²) in [4.78, 5) is 25.4. The summed E-state index contributed by atoms with van der Waals surface area (Å²) in [5.41, 5.74) is 0. The molecule has 0 aliphatic carbocycles. The second kappa shape index (κ2) is 35.6. The first-order valence-corrected chi connectivity index (χ1v) is 24.2. The minimum Gasteiger partial charge on any atom is -0.462 e. The van der Waals surface area contributed by atoms with E-state index in [1.165, 1.54) is 77.0 Å². The number of rotatable bonds is 37. The monoisotopic (exact) mass is 845 g/mol. The van der Waals surface area contributed by atoms with E-state index in [2.05, 4.69) is 50.3 Å². The van der Waals surface area contributed by atoms with E-state index in [9.17, 15) is 37.9 Å². The molecule has 13 heteroatoms. The van der Waals surface area contributed by atoms with Gasteiger partial charge in [0, 0.05) is 12.8 Å².